The lowest BCUT2D eigenvalue weighted by Crippen LogP contribution is -2.42. The fourth-order valence-corrected chi connectivity index (χ4v) is 1.57. The van der Waals surface area contributed by atoms with Crippen LogP contribution in [0.5, 0.6) is 0 Å². The van der Waals surface area contributed by atoms with Gasteiger partial charge in [-0.3, -0.25) is 0 Å². The molecule has 1 aliphatic rings. The fourth-order valence-electron chi connectivity index (χ4n) is 1.57. The SMILES string of the molecule is CCC(C)(CO)CNC(C)C1(C)CC1. The predicted molar refractivity (Wildman–Crippen MR) is 60.3 cm³/mol. The average molecular weight is 199 g/mol. The van der Waals surface area contributed by atoms with Gasteiger partial charge in [0.2, 0.25) is 0 Å². The lowest BCUT2D eigenvalue weighted by molar-refractivity contribution is 0.128. The molecule has 84 valence electrons. The van der Waals surface area contributed by atoms with Gasteiger partial charge in [0.1, 0.15) is 0 Å². The average Bonchev–Trinajstić information content (AvgIpc) is 2.93. The zero-order valence-electron chi connectivity index (χ0n) is 10.1. The Morgan fingerprint density at radius 3 is 2.43 bits per heavy atom. The molecule has 0 aromatic heterocycles. The van der Waals surface area contributed by atoms with E-state index in [0.29, 0.717) is 11.5 Å². The van der Waals surface area contributed by atoms with Crippen LogP contribution in [-0.2, 0) is 0 Å². The summed E-state index contributed by atoms with van der Waals surface area (Å²) in [5.41, 5.74) is 0.587. The first kappa shape index (κ1) is 12.0. The maximum atomic E-state index is 9.28. The van der Waals surface area contributed by atoms with Crippen LogP contribution in [0.15, 0.2) is 0 Å². The minimum atomic E-state index is 0.0551. The van der Waals surface area contributed by atoms with Crippen LogP contribution >= 0.6 is 0 Å². The molecule has 0 radical (unpaired) electrons. The highest BCUT2D eigenvalue weighted by atomic mass is 16.3. The Morgan fingerprint density at radius 2 is 2.07 bits per heavy atom. The van der Waals surface area contributed by atoms with E-state index >= 15 is 0 Å². The van der Waals surface area contributed by atoms with Crippen LogP contribution in [0.4, 0.5) is 0 Å². The summed E-state index contributed by atoms with van der Waals surface area (Å²) < 4.78 is 0. The van der Waals surface area contributed by atoms with Gasteiger partial charge in [0.15, 0.2) is 0 Å². The molecular weight excluding hydrogens is 174 g/mol. The second-order valence-corrected chi connectivity index (χ2v) is 5.58. The topological polar surface area (TPSA) is 32.3 Å². The largest absolute Gasteiger partial charge is 0.396 e. The fraction of sp³-hybridized carbons (Fsp3) is 1.00. The maximum absolute atomic E-state index is 9.28. The molecule has 0 saturated heterocycles. The van der Waals surface area contributed by atoms with Gasteiger partial charge >= 0.3 is 0 Å². The summed E-state index contributed by atoms with van der Waals surface area (Å²) in [6, 6.07) is 0.583. The van der Waals surface area contributed by atoms with Crippen LogP contribution in [0.25, 0.3) is 0 Å². The van der Waals surface area contributed by atoms with Crippen molar-refractivity contribution < 1.29 is 5.11 Å². The van der Waals surface area contributed by atoms with Gasteiger partial charge in [0.25, 0.3) is 0 Å². The van der Waals surface area contributed by atoms with Gasteiger partial charge in [-0.05, 0) is 31.6 Å². The molecular formula is C12H25NO. The molecule has 2 atom stereocenters. The Balaban J connectivity index is 2.31. The van der Waals surface area contributed by atoms with E-state index < -0.39 is 0 Å². The Bertz CT molecular complexity index is 183. The quantitative estimate of drug-likeness (QED) is 0.687. The maximum Gasteiger partial charge on any atom is 0.0496 e. The molecule has 2 unspecified atom stereocenters. The molecule has 0 aliphatic heterocycles. The van der Waals surface area contributed by atoms with Crippen molar-refractivity contribution >= 4 is 0 Å². The van der Waals surface area contributed by atoms with Crippen molar-refractivity contribution in [3.63, 3.8) is 0 Å². The molecule has 1 fully saturated rings. The number of hydrogen-bond acceptors (Lipinski definition) is 2. The van der Waals surface area contributed by atoms with Gasteiger partial charge in [-0.1, -0.05) is 20.8 Å². The molecule has 1 saturated carbocycles. The molecule has 2 heteroatoms. The van der Waals surface area contributed by atoms with Crippen molar-refractivity contribution in [1.29, 1.82) is 0 Å². The summed E-state index contributed by atoms with van der Waals surface area (Å²) in [5, 5.41) is 12.8. The predicted octanol–water partition coefficient (Wildman–Crippen LogP) is 2.17. The lowest BCUT2D eigenvalue weighted by Gasteiger charge is -2.30. The van der Waals surface area contributed by atoms with E-state index in [1.165, 1.54) is 12.8 Å². The van der Waals surface area contributed by atoms with E-state index in [1.807, 2.05) is 0 Å². The van der Waals surface area contributed by atoms with Crippen molar-refractivity contribution in [2.75, 3.05) is 13.2 Å². The Morgan fingerprint density at radius 1 is 1.50 bits per heavy atom. The second kappa shape index (κ2) is 4.19. The summed E-state index contributed by atoms with van der Waals surface area (Å²) >= 11 is 0. The summed E-state index contributed by atoms with van der Waals surface area (Å²) in [5.74, 6) is 0. The van der Waals surface area contributed by atoms with Crippen molar-refractivity contribution in [2.45, 2.75) is 53.0 Å². The van der Waals surface area contributed by atoms with Gasteiger partial charge in [-0.2, -0.15) is 0 Å². The van der Waals surface area contributed by atoms with E-state index in [2.05, 4.69) is 33.0 Å². The second-order valence-electron chi connectivity index (χ2n) is 5.58. The molecule has 1 aliphatic carbocycles. The van der Waals surface area contributed by atoms with Crippen molar-refractivity contribution in [2.24, 2.45) is 10.8 Å². The number of rotatable bonds is 6. The van der Waals surface area contributed by atoms with E-state index in [1.54, 1.807) is 0 Å². The van der Waals surface area contributed by atoms with Gasteiger partial charge in [-0.25, -0.2) is 0 Å². The van der Waals surface area contributed by atoms with E-state index in [4.69, 9.17) is 0 Å². The van der Waals surface area contributed by atoms with Crippen LogP contribution in [0.1, 0.15) is 47.0 Å². The summed E-state index contributed by atoms with van der Waals surface area (Å²) in [6.45, 7) is 10.1. The van der Waals surface area contributed by atoms with Crippen LogP contribution in [0.2, 0.25) is 0 Å². The highest BCUT2D eigenvalue weighted by Crippen LogP contribution is 2.48. The Labute approximate surface area is 88.1 Å². The van der Waals surface area contributed by atoms with E-state index in [0.717, 1.165) is 13.0 Å². The third-order valence-electron chi connectivity index (χ3n) is 4.15. The number of nitrogens with one attached hydrogen (secondary N) is 1. The number of hydrogen-bond donors (Lipinski definition) is 2. The Hall–Kier alpha value is -0.0800. The molecule has 0 aromatic carbocycles. The lowest BCUT2D eigenvalue weighted by atomic mass is 9.87. The van der Waals surface area contributed by atoms with Crippen LogP contribution in [0, 0.1) is 10.8 Å². The third kappa shape index (κ3) is 2.71. The number of aliphatic hydroxyl groups excluding tert-OH is 1. The standard InChI is InChI=1S/C12H25NO/c1-5-11(3,9-14)8-13-10(2)12(4)6-7-12/h10,13-14H,5-9H2,1-4H3. The zero-order chi connectivity index (χ0) is 10.8. The zero-order valence-corrected chi connectivity index (χ0v) is 10.1. The smallest absolute Gasteiger partial charge is 0.0496 e. The van der Waals surface area contributed by atoms with E-state index in [9.17, 15) is 5.11 Å². The van der Waals surface area contributed by atoms with Crippen LogP contribution < -0.4 is 5.32 Å². The molecule has 2 nitrogen and oxygen atoms in total. The van der Waals surface area contributed by atoms with Crippen molar-refractivity contribution in [3.05, 3.63) is 0 Å². The van der Waals surface area contributed by atoms with Crippen molar-refractivity contribution in [3.8, 4) is 0 Å². The molecule has 2 N–H and O–H groups in total. The third-order valence-corrected chi connectivity index (χ3v) is 4.15. The normalized spacial score (nSPS) is 25.5. The van der Waals surface area contributed by atoms with Crippen LogP contribution in [-0.4, -0.2) is 24.3 Å². The van der Waals surface area contributed by atoms with Gasteiger partial charge < -0.3 is 10.4 Å². The van der Waals surface area contributed by atoms with Gasteiger partial charge in [-0.15, -0.1) is 0 Å². The first-order valence-electron chi connectivity index (χ1n) is 5.80. The van der Waals surface area contributed by atoms with Crippen LogP contribution in [0.3, 0.4) is 0 Å². The summed E-state index contributed by atoms with van der Waals surface area (Å²) in [6.07, 6.45) is 3.73. The monoisotopic (exact) mass is 199 g/mol. The molecule has 1 rings (SSSR count). The van der Waals surface area contributed by atoms with Gasteiger partial charge in [0, 0.05) is 24.6 Å². The highest BCUT2D eigenvalue weighted by molar-refractivity contribution is 4.97. The van der Waals surface area contributed by atoms with Crippen molar-refractivity contribution in [1.82, 2.24) is 5.32 Å². The molecule has 14 heavy (non-hydrogen) atoms. The highest BCUT2D eigenvalue weighted by Gasteiger charge is 2.42. The minimum absolute atomic E-state index is 0.0551. The summed E-state index contributed by atoms with van der Waals surface area (Å²) in [7, 11) is 0. The molecule has 0 aromatic rings. The number of aliphatic hydroxyl groups is 1. The van der Waals surface area contributed by atoms with Gasteiger partial charge in [0.05, 0.1) is 0 Å². The molecule has 0 amide bonds. The molecule has 0 heterocycles. The first-order valence-corrected chi connectivity index (χ1v) is 5.80. The Kier molecular flexibility index (Phi) is 3.59. The van der Waals surface area contributed by atoms with E-state index in [-0.39, 0.29) is 12.0 Å². The first-order chi connectivity index (χ1) is 6.46. The molecule has 0 spiro atoms. The minimum Gasteiger partial charge on any atom is -0.396 e. The molecule has 0 bridgehead atoms. The summed E-state index contributed by atoms with van der Waals surface area (Å²) in [4.78, 5) is 0.